The van der Waals surface area contributed by atoms with Gasteiger partial charge in [0.25, 0.3) is 0 Å². The molecule has 0 heterocycles. The van der Waals surface area contributed by atoms with Gasteiger partial charge >= 0.3 is 59.1 Å². The first-order chi connectivity index (χ1) is 17.1. The van der Waals surface area contributed by atoms with E-state index in [0.717, 1.165) is 0 Å². The largest absolute Gasteiger partial charge is 1.00 e. The number of rotatable bonds is 7. The van der Waals surface area contributed by atoms with Crippen molar-refractivity contribution in [2.45, 2.75) is 0 Å². The number of hydrogen-bond donors (Lipinski definition) is 0. The molecule has 4 aromatic rings. The molecule has 6 nitrogen and oxygen atoms in total. The molecule has 0 spiro atoms. The molecule has 0 aromatic heterocycles. The van der Waals surface area contributed by atoms with Crippen molar-refractivity contribution in [2.24, 2.45) is 0 Å². The van der Waals surface area contributed by atoms with Crippen LogP contribution in [-0.2, 0) is 20.2 Å². The van der Waals surface area contributed by atoms with Crippen molar-refractivity contribution >= 4 is 42.2 Å². The zero-order valence-electron chi connectivity index (χ0n) is 20.8. The average molecular weight is 563 g/mol. The van der Waals surface area contributed by atoms with Crippen LogP contribution in [0.3, 0.4) is 0 Å². The van der Waals surface area contributed by atoms with E-state index in [1.807, 2.05) is 0 Å². The minimum absolute atomic E-state index is 0. The van der Waals surface area contributed by atoms with Crippen LogP contribution in [0.25, 0.3) is 33.1 Å². The van der Waals surface area contributed by atoms with E-state index >= 15 is 0 Å². The second-order valence-electron chi connectivity index (χ2n) is 7.90. The third kappa shape index (κ3) is 8.59. The average Bonchev–Trinajstić information content (AvgIpc) is 2.86. The second-order valence-corrected chi connectivity index (χ2v) is 10.6. The minimum Gasteiger partial charge on any atom is -0.744 e. The smallest absolute Gasteiger partial charge is 0.744 e. The summed E-state index contributed by atoms with van der Waals surface area (Å²) in [5, 5.41) is 0. The van der Waals surface area contributed by atoms with Crippen LogP contribution in [-0.4, -0.2) is 25.9 Å². The summed E-state index contributed by atoms with van der Waals surface area (Å²) in [5.74, 6) is 0. The summed E-state index contributed by atoms with van der Waals surface area (Å²) in [7, 11) is -9.46. The van der Waals surface area contributed by atoms with Crippen LogP contribution >= 0.6 is 0 Å². The van der Waals surface area contributed by atoms with Crippen LogP contribution in [0.5, 0.6) is 0 Å². The van der Waals surface area contributed by atoms with Gasteiger partial charge in [0.1, 0.15) is 20.2 Å². The van der Waals surface area contributed by atoms with E-state index in [0.29, 0.717) is 22.3 Å². The molecule has 10 heteroatoms. The van der Waals surface area contributed by atoms with Crippen molar-refractivity contribution in [2.75, 3.05) is 0 Å². The van der Waals surface area contributed by atoms with E-state index in [1.54, 1.807) is 84.9 Å². The molecule has 0 amide bonds. The molecule has 4 rings (SSSR count). The Balaban J connectivity index is 0.00000253. The summed E-state index contributed by atoms with van der Waals surface area (Å²) in [6.07, 6.45) is 2.66. The van der Waals surface area contributed by atoms with Crippen LogP contribution in [0.1, 0.15) is 22.3 Å². The van der Waals surface area contributed by atoms with Gasteiger partial charge in [-0.05, 0) is 45.5 Å². The van der Waals surface area contributed by atoms with Crippen molar-refractivity contribution in [3.8, 4) is 11.1 Å². The molecule has 0 fully saturated rings. The molecule has 0 saturated heterocycles. The molecule has 0 saturated carbocycles. The molecule has 0 atom stereocenters. The molecule has 0 aliphatic carbocycles. The van der Waals surface area contributed by atoms with Crippen molar-refractivity contribution in [1.82, 2.24) is 0 Å². The summed E-state index contributed by atoms with van der Waals surface area (Å²) in [4.78, 5) is -0.682. The van der Waals surface area contributed by atoms with Gasteiger partial charge in [-0.3, -0.25) is 0 Å². The van der Waals surface area contributed by atoms with Crippen LogP contribution in [0.2, 0.25) is 0 Å². The van der Waals surface area contributed by atoms with Gasteiger partial charge in [0.05, 0.1) is 9.81 Å². The first kappa shape index (κ1) is 32.4. The molecule has 0 unspecified atom stereocenters. The van der Waals surface area contributed by atoms with Gasteiger partial charge in [-0.1, -0.05) is 109 Å². The molecule has 0 aliphatic heterocycles. The van der Waals surface area contributed by atoms with E-state index in [4.69, 9.17) is 0 Å². The zero-order chi connectivity index (χ0) is 25.8. The molecule has 0 N–H and O–H groups in total. The van der Waals surface area contributed by atoms with Gasteiger partial charge in [-0.25, -0.2) is 16.8 Å². The molecular formula is C28H20Na2O6S2. The molecular weight excluding hydrogens is 542 g/mol. The van der Waals surface area contributed by atoms with Crippen molar-refractivity contribution in [3.63, 3.8) is 0 Å². The van der Waals surface area contributed by atoms with Gasteiger partial charge in [0.15, 0.2) is 0 Å². The Bertz CT molecular complexity index is 1510. The van der Waals surface area contributed by atoms with Crippen molar-refractivity contribution in [3.05, 3.63) is 131 Å². The van der Waals surface area contributed by atoms with Gasteiger partial charge < -0.3 is 9.11 Å². The van der Waals surface area contributed by atoms with Crippen molar-refractivity contribution < 1.29 is 85.1 Å². The molecule has 0 bridgehead atoms. The summed E-state index contributed by atoms with van der Waals surface area (Å²) in [5.41, 5.74) is 3.09. The number of hydrogen-bond acceptors (Lipinski definition) is 6. The zero-order valence-corrected chi connectivity index (χ0v) is 26.4. The first-order valence-electron chi connectivity index (χ1n) is 10.8. The predicted octanol–water partition coefficient (Wildman–Crippen LogP) is -0.552. The number of benzene rings is 4. The SMILES string of the molecule is O=S(=O)([O-])C(=Cc1ccccc1)c1ccc(-c2ccc(C(=Cc3ccccc3)S(=O)(=O)[O-])cc2)cc1.[Na+].[Na+]. The van der Waals surface area contributed by atoms with E-state index in [2.05, 4.69) is 0 Å². The minimum atomic E-state index is -4.73. The second kappa shape index (κ2) is 14.0. The topological polar surface area (TPSA) is 114 Å². The molecule has 4 aromatic carbocycles. The molecule has 0 aliphatic rings. The van der Waals surface area contributed by atoms with Gasteiger partial charge in [0.2, 0.25) is 0 Å². The maximum Gasteiger partial charge on any atom is 1.00 e. The van der Waals surface area contributed by atoms with E-state index < -0.39 is 20.2 Å². The van der Waals surface area contributed by atoms with Crippen LogP contribution in [0.4, 0.5) is 0 Å². The quantitative estimate of drug-likeness (QED) is 0.170. The third-order valence-corrected chi connectivity index (χ3v) is 7.19. The maximum absolute atomic E-state index is 11.9. The molecule has 0 radical (unpaired) electrons. The van der Waals surface area contributed by atoms with E-state index in [1.165, 1.54) is 36.4 Å². The summed E-state index contributed by atoms with van der Waals surface area (Å²) in [6, 6.07) is 30.2. The first-order valence-corrected chi connectivity index (χ1v) is 13.6. The van der Waals surface area contributed by atoms with Gasteiger partial charge in [-0.2, -0.15) is 0 Å². The molecule has 182 valence electrons. The monoisotopic (exact) mass is 562 g/mol. The summed E-state index contributed by atoms with van der Waals surface area (Å²) >= 11 is 0. The Hall–Kier alpha value is -1.82. The van der Waals surface area contributed by atoms with Crippen LogP contribution < -0.4 is 59.1 Å². The summed E-state index contributed by atoms with van der Waals surface area (Å²) < 4.78 is 71.4. The predicted molar refractivity (Wildman–Crippen MR) is 140 cm³/mol. The van der Waals surface area contributed by atoms with Gasteiger partial charge in [-0.15, -0.1) is 0 Å². The Morgan fingerprint density at radius 3 is 1.03 bits per heavy atom. The fourth-order valence-electron chi connectivity index (χ4n) is 3.65. The van der Waals surface area contributed by atoms with E-state index in [9.17, 15) is 25.9 Å². The maximum atomic E-state index is 11.9. The van der Waals surface area contributed by atoms with Crippen LogP contribution in [0, 0.1) is 0 Å². The third-order valence-electron chi connectivity index (χ3n) is 5.41. The molecule has 38 heavy (non-hydrogen) atoms. The van der Waals surface area contributed by atoms with Crippen LogP contribution in [0.15, 0.2) is 109 Å². The fraction of sp³-hybridized carbons (Fsp3) is 0. The summed E-state index contributed by atoms with van der Waals surface area (Å²) in [6.45, 7) is 0. The Morgan fingerprint density at radius 2 is 0.763 bits per heavy atom. The Morgan fingerprint density at radius 1 is 0.474 bits per heavy atom. The van der Waals surface area contributed by atoms with Gasteiger partial charge in [0, 0.05) is 0 Å². The standard InChI is InChI=1S/C28H22O6S2.2Na/c29-35(30,31)27(19-21-7-3-1-4-8-21)25-15-11-23(12-16-25)24-13-17-26(18-14-24)28(36(32,33)34)20-22-9-5-2-6-10-22;;/h1-20H,(H,29,30,31)(H,32,33,34);;/q;2*+1/p-2. The fourth-order valence-corrected chi connectivity index (χ4v) is 5.07. The Labute approximate surface area is 267 Å². The normalized spacial score (nSPS) is 12.3. The Kier molecular flexibility index (Phi) is 11.9. The van der Waals surface area contributed by atoms with Crippen molar-refractivity contribution in [1.29, 1.82) is 0 Å². The van der Waals surface area contributed by atoms with E-state index in [-0.39, 0.29) is 80.1 Å².